The van der Waals surface area contributed by atoms with Crippen molar-refractivity contribution in [3.63, 3.8) is 0 Å². The average molecular weight is 173 g/mol. The predicted molar refractivity (Wildman–Crippen MR) is 45.7 cm³/mol. The van der Waals surface area contributed by atoms with Crippen LogP contribution in [0.4, 0.5) is 0 Å². The van der Waals surface area contributed by atoms with Gasteiger partial charge >= 0.3 is 5.97 Å². The molecule has 0 saturated heterocycles. The van der Waals surface area contributed by atoms with Crippen LogP contribution in [0.1, 0.15) is 34.6 Å². The summed E-state index contributed by atoms with van der Waals surface area (Å²) in [4.78, 5) is 21.1. The van der Waals surface area contributed by atoms with Crippen LogP contribution >= 0.6 is 0 Å². The van der Waals surface area contributed by atoms with Gasteiger partial charge in [-0.2, -0.15) is 4.91 Å². The Morgan fingerprint density at radius 1 is 1.25 bits per heavy atom. The molecule has 0 aliphatic heterocycles. The standard InChI is InChI=1S/C8H15NO3/c1-6(10)12-8(4,5)7(2,3)9-11/h1-5H3. The van der Waals surface area contributed by atoms with Gasteiger partial charge in [0.1, 0.15) is 11.1 Å². The highest BCUT2D eigenvalue weighted by atomic mass is 16.6. The van der Waals surface area contributed by atoms with Crippen molar-refractivity contribution >= 4 is 5.97 Å². The third-order valence-electron chi connectivity index (χ3n) is 2.10. The fourth-order valence-electron chi connectivity index (χ4n) is 0.594. The zero-order valence-corrected chi connectivity index (χ0v) is 8.17. The molecule has 4 nitrogen and oxygen atoms in total. The van der Waals surface area contributed by atoms with E-state index in [-0.39, 0.29) is 0 Å². The van der Waals surface area contributed by atoms with Gasteiger partial charge in [-0.3, -0.25) is 4.79 Å². The van der Waals surface area contributed by atoms with E-state index in [9.17, 15) is 9.70 Å². The van der Waals surface area contributed by atoms with Crippen molar-refractivity contribution in [2.75, 3.05) is 0 Å². The average Bonchev–Trinajstić information content (AvgIpc) is 1.84. The van der Waals surface area contributed by atoms with Gasteiger partial charge in [-0.25, -0.2) is 0 Å². The maximum absolute atomic E-state index is 10.7. The molecule has 0 fully saturated rings. The topological polar surface area (TPSA) is 55.7 Å². The Bertz CT molecular complexity index is 196. The van der Waals surface area contributed by atoms with E-state index in [2.05, 4.69) is 5.18 Å². The van der Waals surface area contributed by atoms with Gasteiger partial charge in [-0.15, -0.1) is 0 Å². The van der Waals surface area contributed by atoms with Crippen LogP contribution in [0.2, 0.25) is 0 Å². The van der Waals surface area contributed by atoms with Gasteiger partial charge in [0.15, 0.2) is 0 Å². The summed E-state index contributed by atoms with van der Waals surface area (Å²) in [5.74, 6) is -0.406. The summed E-state index contributed by atoms with van der Waals surface area (Å²) < 4.78 is 4.96. The molecule has 0 saturated carbocycles. The van der Waals surface area contributed by atoms with Crippen molar-refractivity contribution < 1.29 is 9.53 Å². The molecule has 0 radical (unpaired) electrons. The number of ether oxygens (including phenoxy) is 1. The molecule has 0 aromatic rings. The van der Waals surface area contributed by atoms with Gasteiger partial charge in [0, 0.05) is 6.92 Å². The molecule has 12 heavy (non-hydrogen) atoms. The van der Waals surface area contributed by atoms with E-state index < -0.39 is 17.1 Å². The fourth-order valence-corrected chi connectivity index (χ4v) is 0.594. The van der Waals surface area contributed by atoms with E-state index in [4.69, 9.17) is 4.74 Å². The Hall–Kier alpha value is -0.930. The van der Waals surface area contributed by atoms with E-state index in [0.717, 1.165) is 0 Å². The van der Waals surface area contributed by atoms with E-state index in [1.807, 2.05) is 0 Å². The van der Waals surface area contributed by atoms with E-state index in [1.165, 1.54) is 6.92 Å². The van der Waals surface area contributed by atoms with Crippen molar-refractivity contribution in [3.8, 4) is 0 Å². The number of nitroso groups, excluding NO2 is 1. The van der Waals surface area contributed by atoms with Crippen LogP contribution in [0, 0.1) is 4.91 Å². The summed E-state index contributed by atoms with van der Waals surface area (Å²) in [5.41, 5.74) is -1.76. The number of rotatable bonds is 3. The molecule has 0 aromatic carbocycles. The Morgan fingerprint density at radius 2 is 1.67 bits per heavy atom. The van der Waals surface area contributed by atoms with Crippen molar-refractivity contribution in [3.05, 3.63) is 4.91 Å². The number of esters is 1. The molecule has 0 aliphatic carbocycles. The quantitative estimate of drug-likeness (QED) is 0.483. The van der Waals surface area contributed by atoms with Crippen LogP contribution < -0.4 is 0 Å². The van der Waals surface area contributed by atoms with Gasteiger partial charge in [0.05, 0.1) is 0 Å². The first-order valence-electron chi connectivity index (χ1n) is 3.77. The van der Waals surface area contributed by atoms with Gasteiger partial charge in [0.25, 0.3) is 0 Å². The summed E-state index contributed by atoms with van der Waals surface area (Å²) in [7, 11) is 0. The number of hydrogen-bond acceptors (Lipinski definition) is 4. The SMILES string of the molecule is CC(=O)OC(C)(C)C(C)(C)N=O. The lowest BCUT2D eigenvalue weighted by Gasteiger charge is -2.34. The fraction of sp³-hybridized carbons (Fsp3) is 0.875. The lowest BCUT2D eigenvalue weighted by atomic mass is 9.87. The highest BCUT2D eigenvalue weighted by Gasteiger charge is 2.41. The first kappa shape index (κ1) is 11.1. The number of carbonyl (C=O) groups excluding carboxylic acids is 1. The molecule has 0 unspecified atom stereocenters. The summed E-state index contributed by atoms with van der Waals surface area (Å²) in [5, 5.41) is 2.92. The minimum absolute atomic E-state index is 0.406. The van der Waals surface area contributed by atoms with Crippen molar-refractivity contribution in [1.29, 1.82) is 0 Å². The summed E-state index contributed by atoms with van der Waals surface area (Å²) in [6.07, 6.45) is 0. The number of hydrogen-bond donors (Lipinski definition) is 0. The van der Waals surface area contributed by atoms with Gasteiger partial charge in [0.2, 0.25) is 0 Å². The highest BCUT2D eigenvalue weighted by Crippen LogP contribution is 2.28. The van der Waals surface area contributed by atoms with Gasteiger partial charge in [-0.1, -0.05) is 5.18 Å². The zero-order chi connectivity index (χ0) is 9.99. The van der Waals surface area contributed by atoms with Crippen LogP contribution in [0.5, 0.6) is 0 Å². The van der Waals surface area contributed by atoms with Crippen molar-refractivity contribution in [2.45, 2.75) is 45.8 Å². The lowest BCUT2D eigenvalue weighted by Crippen LogP contribution is -2.46. The molecule has 0 rings (SSSR count). The van der Waals surface area contributed by atoms with Crippen LogP contribution in [0.25, 0.3) is 0 Å². The first-order chi connectivity index (χ1) is 5.23. The Kier molecular flexibility index (Phi) is 2.96. The van der Waals surface area contributed by atoms with Crippen LogP contribution in [0.3, 0.4) is 0 Å². The molecule has 0 N–H and O–H groups in total. The molecule has 0 bridgehead atoms. The summed E-state index contributed by atoms with van der Waals surface area (Å²) >= 11 is 0. The van der Waals surface area contributed by atoms with E-state index in [0.29, 0.717) is 0 Å². The van der Waals surface area contributed by atoms with E-state index >= 15 is 0 Å². The Labute approximate surface area is 72.3 Å². The molecule has 4 heteroatoms. The van der Waals surface area contributed by atoms with Gasteiger partial charge in [-0.05, 0) is 27.7 Å². The molecule has 0 heterocycles. The normalized spacial score (nSPS) is 12.4. The molecule has 0 atom stereocenters. The highest BCUT2D eigenvalue weighted by molar-refractivity contribution is 5.66. The molecular weight excluding hydrogens is 158 g/mol. The zero-order valence-electron chi connectivity index (χ0n) is 8.17. The lowest BCUT2D eigenvalue weighted by molar-refractivity contribution is -0.159. The second-order valence-electron chi connectivity index (χ2n) is 3.75. The van der Waals surface area contributed by atoms with Crippen LogP contribution in [0.15, 0.2) is 5.18 Å². The van der Waals surface area contributed by atoms with Gasteiger partial charge < -0.3 is 4.74 Å². The smallest absolute Gasteiger partial charge is 0.303 e. The van der Waals surface area contributed by atoms with Crippen LogP contribution in [-0.2, 0) is 9.53 Å². The summed E-state index contributed by atoms with van der Waals surface area (Å²) in [6, 6.07) is 0. The third-order valence-corrected chi connectivity index (χ3v) is 2.10. The second-order valence-corrected chi connectivity index (χ2v) is 3.75. The largest absolute Gasteiger partial charge is 0.457 e. The number of carbonyl (C=O) groups is 1. The predicted octanol–water partition coefficient (Wildman–Crippen LogP) is 1.87. The molecule has 70 valence electrons. The Balaban J connectivity index is 4.59. The first-order valence-corrected chi connectivity index (χ1v) is 3.77. The number of nitrogens with zero attached hydrogens (tertiary/aromatic N) is 1. The van der Waals surface area contributed by atoms with E-state index in [1.54, 1.807) is 27.7 Å². The minimum Gasteiger partial charge on any atom is -0.457 e. The molecule has 0 aromatic heterocycles. The third kappa shape index (κ3) is 2.29. The van der Waals surface area contributed by atoms with Crippen LogP contribution in [-0.4, -0.2) is 17.1 Å². The molecule has 0 amide bonds. The molecular formula is C8H15NO3. The maximum atomic E-state index is 10.7. The molecule has 0 spiro atoms. The van der Waals surface area contributed by atoms with Crippen molar-refractivity contribution in [2.24, 2.45) is 5.18 Å². The maximum Gasteiger partial charge on any atom is 0.303 e. The second kappa shape index (κ2) is 3.21. The molecule has 0 aliphatic rings. The van der Waals surface area contributed by atoms with Crippen molar-refractivity contribution in [1.82, 2.24) is 0 Å². The Morgan fingerprint density at radius 3 is 1.92 bits per heavy atom. The monoisotopic (exact) mass is 173 g/mol. The minimum atomic E-state index is -0.904. The summed E-state index contributed by atoms with van der Waals surface area (Å²) in [6.45, 7) is 7.89.